The molecule has 0 radical (unpaired) electrons. The first kappa shape index (κ1) is 13.2. The van der Waals surface area contributed by atoms with Gasteiger partial charge in [-0.3, -0.25) is 4.79 Å². The molecule has 0 spiro atoms. The molecule has 0 fully saturated rings. The zero-order valence-corrected chi connectivity index (χ0v) is 10.5. The number of thiophene rings is 1. The zero-order chi connectivity index (χ0) is 12.1. The summed E-state index contributed by atoms with van der Waals surface area (Å²) in [6.45, 7) is 3.32. The summed E-state index contributed by atoms with van der Waals surface area (Å²) in [5.41, 5.74) is 6.76. The van der Waals surface area contributed by atoms with E-state index in [1.54, 1.807) is 11.3 Å². The Balaban J connectivity index is 2.33. The molecule has 3 N–H and O–H groups in total. The van der Waals surface area contributed by atoms with Crippen LogP contribution in [0.4, 0.5) is 0 Å². The Morgan fingerprint density at radius 3 is 2.88 bits per heavy atom. The molecule has 16 heavy (non-hydrogen) atoms. The van der Waals surface area contributed by atoms with E-state index < -0.39 is 12.0 Å². The molecular formula is C11H18N2O2S. The van der Waals surface area contributed by atoms with Crippen LogP contribution in [0.2, 0.25) is 0 Å². The molecule has 4 nitrogen and oxygen atoms in total. The van der Waals surface area contributed by atoms with Crippen molar-refractivity contribution in [2.45, 2.75) is 19.4 Å². The van der Waals surface area contributed by atoms with Crippen LogP contribution in [0.1, 0.15) is 10.4 Å². The molecule has 1 aromatic rings. The second kappa shape index (κ2) is 5.98. The highest BCUT2D eigenvalue weighted by Crippen LogP contribution is 2.16. The maximum atomic E-state index is 10.6. The minimum atomic E-state index is -0.945. The first-order chi connectivity index (χ1) is 7.50. The van der Waals surface area contributed by atoms with Crippen molar-refractivity contribution in [1.82, 2.24) is 4.90 Å². The van der Waals surface area contributed by atoms with Crippen molar-refractivity contribution in [2.24, 2.45) is 5.73 Å². The third kappa shape index (κ3) is 3.92. The fourth-order valence-corrected chi connectivity index (χ4v) is 2.36. The minimum absolute atomic E-state index is 0.389. The van der Waals surface area contributed by atoms with Crippen LogP contribution in [0.15, 0.2) is 11.4 Å². The molecule has 0 saturated heterocycles. The number of likely N-dealkylation sites (N-methyl/N-ethyl adjacent to an activating group) is 1. The van der Waals surface area contributed by atoms with E-state index in [1.807, 2.05) is 11.9 Å². The standard InChI is InChI=1S/C11H18N2O2S/c1-8-4-6-16-10(8)3-5-13(2)7-9(12)11(14)15/h4,6,9H,3,5,7,12H2,1-2H3,(H,14,15). The number of aliphatic carboxylic acids is 1. The van der Waals surface area contributed by atoms with Crippen molar-refractivity contribution in [3.63, 3.8) is 0 Å². The molecule has 0 aliphatic carbocycles. The number of nitrogens with zero attached hydrogens (tertiary/aromatic N) is 1. The Morgan fingerprint density at radius 2 is 2.38 bits per heavy atom. The zero-order valence-electron chi connectivity index (χ0n) is 9.64. The second-order valence-corrected chi connectivity index (χ2v) is 4.98. The third-order valence-electron chi connectivity index (χ3n) is 2.51. The van der Waals surface area contributed by atoms with Crippen molar-refractivity contribution in [2.75, 3.05) is 20.1 Å². The van der Waals surface area contributed by atoms with Crippen LogP contribution in [0, 0.1) is 6.92 Å². The average Bonchev–Trinajstić information content (AvgIpc) is 2.61. The molecule has 0 aromatic carbocycles. The van der Waals surface area contributed by atoms with E-state index in [0.29, 0.717) is 6.54 Å². The summed E-state index contributed by atoms with van der Waals surface area (Å²) in [6, 6.07) is 1.30. The van der Waals surface area contributed by atoms with Gasteiger partial charge < -0.3 is 15.7 Å². The van der Waals surface area contributed by atoms with Gasteiger partial charge in [-0.25, -0.2) is 0 Å². The monoisotopic (exact) mass is 242 g/mol. The van der Waals surface area contributed by atoms with Crippen molar-refractivity contribution in [3.8, 4) is 0 Å². The lowest BCUT2D eigenvalue weighted by Crippen LogP contribution is -2.41. The van der Waals surface area contributed by atoms with Crippen molar-refractivity contribution < 1.29 is 9.90 Å². The van der Waals surface area contributed by atoms with E-state index in [4.69, 9.17) is 10.8 Å². The van der Waals surface area contributed by atoms with Gasteiger partial charge in [-0.1, -0.05) is 0 Å². The quantitative estimate of drug-likeness (QED) is 0.779. The van der Waals surface area contributed by atoms with E-state index in [-0.39, 0.29) is 0 Å². The van der Waals surface area contributed by atoms with Crippen molar-refractivity contribution in [3.05, 3.63) is 21.9 Å². The molecule has 0 bridgehead atoms. The van der Waals surface area contributed by atoms with Crippen molar-refractivity contribution in [1.29, 1.82) is 0 Å². The number of aryl methyl sites for hydroxylation is 1. The maximum Gasteiger partial charge on any atom is 0.321 e. The number of carboxylic acid groups (broad SMARTS) is 1. The van der Waals surface area contributed by atoms with E-state index in [0.717, 1.165) is 13.0 Å². The van der Waals surface area contributed by atoms with Gasteiger partial charge in [0.2, 0.25) is 0 Å². The maximum absolute atomic E-state index is 10.6. The number of hydrogen-bond acceptors (Lipinski definition) is 4. The Kier molecular flexibility index (Phi) is 4.92. The molecule has 0 saturated carbocycles. The molecule has 1 heterocycles. The van der Waals surface area contributed by atoms with E-state index in [2.05, 4.69) is 18.4 Å². The second-order valence-electron chi connectivity index (χ2n) is 3.98. The summed E-state index contributed by atoms with van der Waals surface area (Å²) in [6.07, 6.45) is 0.951. The van der Waals surface area contributed by atoms with Crippen LogP contribution in [-0.4, -0.2) is 42.2 Å². The van der Waals surface area contributed by atoms with Gasteiger partial charge in [0.15, 0.2) is 0 Å². The lowest BCUT2D eigenvalue weighted by molar-refractivity contribution is -0.138. The van der Waals surface area contributed by atoms with Gasteiger partial charge in [-0.05, 0) is 37.4 Å². The van der Waals surface area contributed by atoms with Crippen LogP contribution in [0.3, 0.4) is 0 Å². The normalized spacial score (nSPS) is 13.0. The van der Waals surface area contributed by atoms with Crippen LogP contribution < -0.4 is 5.73 Å². The van der Waals surface area contributed by atoms with Gasteiger partial charge >= 0.3 is 5.97 Å². The molecule has 1 unspecified atom stereocenters. The number of rotatable bonds is 6. The highest BCUT2D eigenvalue weighted by atomic mass is 32.1. The first-order valence-electron chi connectivity index (χ1n) is 5.20. The van der Waals surface area contributed by atoms with Gasteiger partial charge in [-0.2, -0.15) is 0 Å². The molecule has 1 rings (SSSR count). The molecule has 0 aliphatic heterocycles. The molecule has 0 aliphatic rings. The molecule has 0 amide bonds. The Hall–Kier alpha value is -0.910. The summed E-state index contributed by atoms with van der Waals surface area (Å²) >= 11 is 1.74. The fourth-order valence-electron chi connectivity index (χ4n) is 1.46. The SMILES string of the molecule is Cc1ccsc1CCN(C)CC(N)C(=O)O. The summed E-state index contributed by atoms with van der Waals surface area (Å²) in [4.78, 5) is 13.9. The lowest BCUT2D eigenvalue weighted by atomic mass is 10.2. The molecule has 1 atom stereocenters. The van der Waals surface area contributed by atoms with Gasteiger partial charge in [0.25, 0.3) is 0 Å². The lowest BCUT2D eigenvalue weighted by Gasteiger charge is -2.18. The van der Waals surface area contributed by atoms with Gasteiger partial charge in [0.1, 0.15) is 6.04 Å². The Morgan fingerprint density at radius 1 is 1.69 bits per heavy atom. The van der Waals surface area contributed by atoms with Crippen LogP contribution in [0.5, 0.6) is 0 Å². The van der Waals surface area contributed by atoms with E-state index >= 15 is 0 Å². The van der Waals surface area contributed by atoms with E-state index in [1.165, 1.54) is 10.4 Å². The highest BCUT2D eigenvalue weighted by molar-refractivity contribution is 7.10. The predicted octanol–water partition coefficient (Wildman–Crippen LogP) is 0.943. The molecule has 1 aromatic heterocycles. The first-order valence-corrected chi connectivity index (χ1v) is 6.08. The number of nitrogens with two attached hydrogens (primary N) is 1. The van der Waals surface area contributed by atoms with E-state index in [9.17, 15) is 4.79 Å². The Bertz CT molecular complexity index is 352. The topological polar surface area (TPSA) is 66.6 Å². The fraction of sp³-hybridized carbons (Fsp3) is 0.545. The average molecular weight is 242 g/mol. The van der Waals surface area contributed by atoms with Crippen molar-refractivity contribution >= 4 is 17.3 Å². The number of carbonyl (C=O) groups is 1. The largest absolute Gasteiger partial charge is 0.480 e. The van der Waals surface area contributed by atoms with Gasteiger partial charge in [0, 0.05) is 18.0 Å². The summed E-state index contributed by atoms with van der Waals surface area (Å²) in [5.74, 6) is -0.945. The molecular weight excluding hydrogens is 224 g/mol. The minimum Gasteiger partial charge on any atom is -0.480 e. The van der Waals surface area contributed by atoms with Crippen LogP contribution >= 0.6 is 11.3 Å². The summed E-state index contributed by atoms with van der Waals surface area (Å²) in [5, 5.41) is 10.8. The summed E-state index contributed by atoms with van der Waals surface area (Å²) < 4.78 is 0. The highest BCUT2D eigenvalue weighted by Gasteiger charge is 2.14. The van der Waals surface area contributed by atoms with Crippen LogP contribution in [-0.2, 0) is 11.2 Å². The van der Waals surface area contributed by atoms with Gasteiger partial charge in [0.05, 0.1) is 0 Å². The number of hydrogen-bond donors (Lipinski definition) is 2. The summed E-state index contributed by atoms with van der Waals surface area (Å²) in [7, 11) is 1.89. The molecule has 90 valence electrons. The Labute approximate surface area is 99.7 Å². The predicted molar refractivity (Wildman–Crippen MR) is 65.9 cm³/mol. The molecule has 5 heteroatoms. The number of carboxylic acids is 1. The smallest absolute Gasteiger partial charge is 0.321 e. The van der Waals surface area contributed by atoms with Crippen LogP contribution in [0.25, 0.3) is 0 Å². The van der Waals surface area contributed by atoms with Gasteiger partial charge in [-0.15, -0.1) is 11.3 Å². The third-order valence-corrected chi connectivity index (χ3v) is 3.60.